The molecular formula is C18H19N5O6. The maximum atomic E-state index is 12.6. The molecule has 0 bridgehead atoms. The largest absolute Gasteiger partial charge is 0.494 e. The molecule has 0 radical (unpaired) electrons. The zero-order valence-corrected chi connectivity index (χ0v) is 16.0. The third kappa shape index (κ3) is 3.30. The maximum absolute atomic E-state index is 12.6. The molecule has 0 saturated heterocycles. The van der Waals surface area contributed by atoms with E-state index in [4.69, 9.17) is 0 Å². The van der Waals surface area contributed by atoms with Crippen LogP contribution in [0, 0.1) is 10.1 Å². The highest BCUT2D eigenvalue weighted by atomic mass is 16.6. The lowest BCUT2D eigenvalue weighted by Crippen LogP contribution is -2.39. The van der Waals surface area contributed by atoms with Crippen LogP contribution >= 0.6 is 0 Å². The van der Waals surface area contributed by atoms with E-state index in [2.05, 4.69) is 5.10 Å². The summed E-state index contributed by atoms with van der Waals surface area (Å²) in [5.41, 5.74) is -1.17. The second-order valence-corrected chi connectivity index (χ2v) is 6.61. The van der Waals surface area contributed by atoms with Gasteiger partial charge in [0.2, 0.25) is 11.8 Å². The number of aromatic hydroxyl groups is 1. The number of hydrogen-bond acceptors (Lipinski definition) is 7. The summed E-state index contributed by atoms with van der Waals surface area (Å²) in [6.07, 6.45) is 0.174. The lowest BCUT2D eigenvalue weighted by molar-refractivity contribution is -0.384. The zero-order valence-electron chi connectivity index (χ0n) is 16.0. The predicted molar refractivity (Wildman–Crippen MR) is 103 cm³/mol. The summed E-state index contributed by atoms with van der Waals surface area (Å²) in [5, 5.41) is 26.9. The minimum Gasteiger partial charge on any atom is -0.494 e. The van der Waals surface area contributed by atoms with E-state index in [1.54, 1.807) is 13.0 Å². The number of amides is 1. The Balaban J connectivity index is 2.14. The SMILES string of the molecule is CCC(=O)N1N=C(c2c(O)n(C)c(=O)n(C)c2=O)C[C@H]1c1cccc([N+](=O)[O-])c1. The highest BCUT2D eigenvalue weighted by Gasteiger charge is 2.35. The van der Waals surface area contributed by atoms with E-state index < -0.39 is 28.1 Å². The Morgan fingerprint density at radius 1 is 1.31 bits per heavy atom. The van der Waals surface area contributed by atoms with Gasteiger partial charge in [-0.25, -0.2) is 9.80 Å². The minimum absolute atomic E-state index is 0.0495. The number of carbonyl (C=O) groups excluding carboxylic acids is 1. The third-order valence-electron chi connectivity index (χ3n) is 4.86. The molecule has 2 aromatic rings. The first-order valence-electron chi connectivity index (χ1n) is 8.80. The van der Waals surface area contributed by atoms with E-state index >= 15 is 0 Å². The fraction of sp³-hybridized carbons (Fsp3) is 0.333. The van der Waals surface area contributed by atoms with Crippen molar-refractivity contribution >= 4 is 17.3 Å². The molecule has 1 aromatic carbocycles. The van der Waals surface area contributed by atoms with Gasteiger partial charge in [-0.3, -0.25) is 28.8 Å². The van der Waals surface area contributed by atoms with E-state index in [0.717, 1.165) is 9.13 Å². The summed E-state index contributed by atoms with van der Waals surface area (Å²) in [5.74, 6) is -0.905. The van der Waals surface area contributed by atoms with Crippen molar-refractivity contribution in [1.29, 1.82) is 0 Å². The van der Waals surface area contributed by atoms with Crippen LogP contribution in [0.5, 0.6) is 5.88 Å². The number of benzene rings is 1. The normalized spacial score (nSPS) is 16.0. The van der Waals surface area contributed by atoms with E-state index in [1.165, 1.54) is 37.3 Å². The van der Waals surface area contributed by atoms with Crippen LogP contribution < -0.4 is 11.2 Å². The van der Waals surface area contributed by atoms with Gasteiger partial charge in [-0.15, -0.1) is 0 Å². The van der Waals surface area contributed by atoms with Crippen LogP contribution in [-0.4, -0.2) is 35.8 Å². The Kier molecular flexibility index (Phi) is 5.06. The Bertz CT molecular complexity index is 1160. The van der Waals surface area contributed by atoms with Crippen LogP contribution in [-0.2, 0) is 18.9 Å². The van der Waals surface area contributed by atoms with Crippen molar-refractivity contribution in [2.45, 2.75) is 25.8 Å². The second-order valence-electron chi connectivity index (χ2n) is 6.61. The van der Waals surface area contributed by atoms with E-state index in [9.17, 15) is 29.6 Å². The highest BCUT2D eigenvalue weighted by molar-refractivity contribution is 6.04. The topological polar surface area (TPSA) is 140 Å². The number of non-ortho nitro benzene ring substituents is 1. The van der Waals surface area contributed by atoms with Gasteiger partial charge in [0.1, 0.15) is 5.56 Å². The molecule has 0 saturated carbocycles. The van der Waals surface area contributed by atoms with Crippen molar-refractivity contribution in [3.8, 4) is 5.88 Å². The minimum atomic E-state index is -0.743. The van der Waals surface area contributed by atoms with Gasteiger partial charge >= 0.3 is 5.69 Å². The summed E-state index contributed by atoms with van der Waals surface area (Å²) < 4.78 is 1.75. The van der Waals surface area contributed by atoms with Crippen molar-refractivity contribution in [2.75, 3.05) is 0 Å². The van der Waals surface area contributed by atoms with Crippen molar-refractivity contribution in [2.24, 2.45) is 19.2 Å². The van der Waals surface area contributed by atoms with Crippen LogP contribution in [0.4, 0.5) is 5.69 Å². The molecule has 0 spiro atoms. The molecule has 1 atom stereocenters. The standard InChI is InChI=1S/C18H19N5O6/c1-4-14(24)22-13(10-6-5-7-11(8-10)23(28)29)9-12(19-22)15-16(25)20(2)18(27)21(3)17(15)26/h5-8,13,25H,4,9H2,1-3H3/t13-/m0/s1. The lowest BCUT2D eigenvalue weighted by atomic mass is 9.98. The number of nitrogens with zero attached hydrogens (tertiary/aromatic N) is 5. The fourth-order valence-corrected chi connectivity index (χ4v) is 3.24. The van der Waals surface area contributed by atoms with Crippen LogP contribution in [0.2, 0.25) is 0 Å². The van der Waals surface area contributed by atoms with Gasteiger partial charge in [-0.1, -0.05) is 19.1 Å². The maximum Gasteiger partial charge on any atom is 0.333 e. The summed E-state index contributed by atoms with van der Waals surface area (Å²) in [4.78, 5) is 47.6. The molecule has 0 unspecified atom stereocenters. The fourth-order valence-electron chi connectivity index (χ4n) is 3.24. The molecule has 1 aliphatic heterocycles. The molecule has 29 heavy (non-hydrogen) atoms. The van der Waals surface area contributed by atoms with Gasteiger partial charge in [0, 0.05) is 39.1 Å². The number of hydrogen-bond donors (Lipinski definition) is 1. The molecule has 152 valence electrons. The van der Waals surface area contributed by atoms with Crippen molar-refractivity contribution in [3.05, 3.63) is 66.3 Å². The van der Waals surface area contributed by atoms with Gasteiger partial charge in [0.25, 0.3) is 11.2 Å². The predicted octanol–water partition coefficient (Wildman–Crippen LogP) is 0.785. The molecule has 2 heterocycles. The number of carbonyl (C=O) groups is 1. The van der Waals surface area contributed by atoms with E-state index in [1.807, 2.05) is 0 Å². The quantitative estimate of drug-likeness (QED) is 0.593. The average molecular weight is 401 g/mol. The van der Waals surface area contributed by atoms with Crippen molar-refractivity contribution in [3.63, 3.8) is 0 Å². The number of hydrazone groups is 1. The van der Waals surface area contributed by atoms with Crippen molar-refractivity contribution < 1.29 is 14.8 Å². The molecule has 1 amide bonds. The van der Waals surface area contributed by atoms with Gasteiger partial charge in [0.15, 0.2) is 0 Å². The third-order valence-corrected chi connectivity index (χ3v) is 4.86. The molecule has 11 nitrogen and oxygen atoms in total. The smallest absolute Gasteiger partial charge is 0.333 e. The number of nitro benzene ring substituents is 1. The summed E-state index contributed by atoms with van der Waals surface area (Å²) in [6.45, 7) is 1.64. The summed E-state index contributed by atoms with van der Waals surface area (Å²) in [7, 11) is 2.58. The second kappa shape index (κ2) is 7.34. The average Bonchev–Trinajstić information content (AvgIpc) is 3.15. The van der Waals surface area contributed by atoms with Gasteiger partial charge in [0.05, 0.1) is 16.7 Å². The summed E-state index contributed by atoms with van der Waals surface area (Å²) >= 11 is 0. The molecule has 1 aliphatic rings. The first kappa shape index (κ1) is 20.0. The number of rotatable bonds is 4. The molecule has 1 N–H and O–H groups in total. The molecule has 11 heteroatoms. The van der Waals surface area contributed by atoms with Gasteiger partial charge in [-0.2, -0.15) is 5.10 Å². The Morgan fingerprint density at radius 2 is 2.00 bits per heavy atom. The molecule has 3 rings (SSSR count). The highest BCUT2D eigenvalue weighted by Crippen LogP contribution is 2.35. The number of aromatic nitrogens is 2. The van der Waals surface area contributed by atoms with Gasteiger partial charge in [-0.05, 0) is 5.56 Å². The van der Waals surface area contributed by atoms with E-state index in [0.29, 0.717) is 5.56 Å². The Hall–Kier alpha value is -3.76. The summed E-state index contributed by atoms with van der Waals surface area (Å²) in [6, 6.07) is 5.13. The van der Waals surface area contributed by atoms with Crippen molar-refractivity contribution in [1.82, 2.24) is 14.1 Å². The van der Waals surface area contributed by atoms with Crippen LogP contribution in [0.15, 0.2) is 39.0 Å². The zero-order chi connectivity index (χ0) is 21.5. The van der Waals surface area contributed by atoms with Crippen LogP contribution in [0.3, 0.4) is 0 Å². The monoisotopic (exact) mass is 401 g/mol. The number of nitro groups is 1. The Labute approximate surface area is 164 Å². The first-order valence-corrected chi connectivity index (χ1v) is 8.80. The molecule has 0 fully saturated rings. The Morgan fingerprint density at radius 3 is 2.62 bits per heavy atom. The molecular weight excluding hydrogens is 382 g/mol. The van der Waals surface area contributed by atoms with E-state index in [-0.39, 0.29) is 35.7 Å². The lowest BCUT2D eigenvalue weighted by Gasteiger charge is -2.21. The molecule has 1 aromatic heterocycles. The van der Waals surface area contributed by atoms with Crippen LogP contribution in [0.25, 0.3) is 0 Å². The van der Waals surface area contributed by atoms with Crippen LogP contribution in [0.1, 0.15) is 36.9 Å². The first-order chi connectivity index (χ1) is 13.7. The molecule has 0 aliphatic carbocycles. The van der Waals surface area contributed by atoms with Gasteiger partial charge < -0.3 is 5.11 Å².